The quantitative estimate of drug-likeness (QED) is 0.808. The molecule has 25 heavy (non-hydrogen) atoms. The molecule has 0 radical (unpaired) electrons. The number of hydrogen-bond acceptors (Lipinski definition) is 5. The molecule has 8 heteroatoms. The Kier molecular flexibility index (Phi) is 6.16. The van der Waals surface area contributed by atoms with Crippen molar-refractivity contribution >= 4 is 17.4 Å². The summed E-state index contributed by atoms with van der Waals surface area (Å²) in [6, 6.07) is 4.16. The average Bonchev–Trinajstić information content (AvgIpc) is 2.59. The van der Waals surface area contributed by atoms with Crippen LogP contribution in [-0.4, -0.2) is 36.6 Å². The van der Waals surface area contributed by atoms with Crippen LogP contribution < -0.4 is 10.2 Å². The largest absolute Gasteiger partial charge is 0.355 e. The maximum absolute atomic E-state index is 12.4. The molecule has 0 bridgehead atoms. The fraction of sp³-hybridized carbons (Fsp3) is 0.588. The Bertz CT molecular complexity index is 715. The summed E-state index contributed by atoms with van der Waals surface area (Å²) in [5, 5.41) is 21.8. The molecule has 1 saturated heterocycles. The zero-order valence-electron chi connectivity index (χ0n) is 14.2. The molecule has 1 aromatic heterocycles. The number of alkyl halides is 2. The number of halogens is 3. The van der Waals surface area contributed by atoms with Gasteiger partial charge in [-0.05, 0) is 31.7 Å². The van der Waals surface area contributed by atoms with Gasteiger partial charge in [0.25, 0.3) is 6.43 Å². The number of aromatic nitrogens is 1. The summed E-state index contributed by atoms with van der Waals surface area (Å²) in [7, 11) is 0. The van der Waals surface area contributed by atoms with Gasteiger partial charge in [0.15, 0.2) is 0 Å². The van der Waals surface area contributed by atoms with Gasteiger partial charge in [0.2, 0.25) is 0 Å². The summed E-state index contributed by atoms with van der Waals surface area (Å²) in [5.41, 5.74) is 0.839. The van der Waals surface area contributed by atoms with E-state index in [9.17, 15) is 19.3 Å². The molecule has 1 aliphatic heterocycles. The van der Waals surface area contributed by atoms with Gasteiger partial charge < -0.3 is 10.2 Å². The van der Waals surface area contributed by atoms with Crippen molar-refractivity contribution in [3.63, 3.8) is 0 Å². The number of nitriles is 2. The molecule has 1 fully saturated rings. The highest BCUT2D eigenvalue weighted by atomic mass is 35.5. The Balaban J connectivity index is 2.26. The van der Waals surface area contributed by atoms with E-state index in [1.165, 1.54) is 0 Å². The van der Waals surface area contributed by atoms with E-state index in [2.05, 4.69) is 16.4 Å². The maximum Gasteiger partial charge on any atom is 0.250 e. The Morgan fingerprint density at radius 1 is 1.28 bits per heavy atom. The first-order chi connectivity index (χ1) is 11.8. The molecule has 2 rings (SSSR count). The predicted octanol–water partition coefficient (Wildman–Crippen LogP) is 3.25. The minimum absolute atomic E-state index is 0.0949. The molecule has 0 spiro atoms. The summed E-state index contributed by atoms with van der Waals surface area (Å²) in [6.45, 7) is 4.59. The van der Waals surface area contributed by atoms with Crippen molar-refractivity contribution in [1.82, 2.24) is 10.3 Å². The van der Waals surface area contributed by atoms with Crippen molar-refractivity contribution in [2.24, 2.45) is 0 Å². The van der Waals surface area contributed by atoms with Crippen LogP contribution in [0.1, 0.15) is 43.4 Å². The van der Waals surface area contributed by atoms with Crippen molar-refractivity contribution < 1.29 is 8.78 Å². The van der Waals surface area contributed by atoms with Crippen molar-refractivity contribution in [3.8, 4) is 12.1 Å². The van der Waals surface area contributed by atoms with Gasteiger partial charge >= 0.3 is 0 Å². The minimum Gasteiger partial charge on any atom is -0.355 e. The second kappa shape index (κ2) is 7.95. The van der Waals surface area contributed by atoms with Crippen LogP contribution in [0.3, 0.4) is 0 Å². The fourth-order valence-electron chi connectivity index (χ4n) is 3.12. The average molecular weight is 368 g/mol. The smallest absolute Gasteiger partial charge is 0.250 e. The molecule has 0 saturated carbocycles. The highest BCUT2D eigenvalue weighted by Gasteiger charge is 2.32. The van der Waals surface area contributed by atoms with Crippen LogP contribution in [0.5, 0.6) is 0 Å². The Labute approximate surface area is 151 Å². The Morgan fingerprint density at radius 2 is 1.88 bits per heavy atom. The van der Waals surface area contributed by atoms with Crippen molar-refractivity contribution in [2.75, 3.05) is 24.5 Å². The zero-order valence-corrected chi connectivity index (χ0v) is 15.0. The predicted molar refractivity (Wildman–Crippen MR) is 91.9 cm³/mol. The van der Waals surface area contributed by atoms with E-state index in [0.29, 0.717) is 49.3 Å². The van der Waals surface area contributed by atoms with E-state index < -0.39 is 6.43 Å². The third-order valence-electron chi connectivity index (χ3n) is 4.66. The first-order valence-corrected chi connectivity index (χ1v) is 8.53. The van der Waals surface area contributed by atoms with Crippen LogP contribution in [0.15, 0.2) is 0 Å². The molecule has 0 atom stereocenters. The maximum atomic E-state index is 12.4. The van der Waals surface area contributed by atoms with Gasteiger partial charge in [-0.1, -0.05) is 18.5 Å². The first-order valence-electron chi connectivity index (χ1n) is 8.16. The van der Waals surface area contributed by atoms with Crippen LogP contribution >= 0.6 is 11.6 Å². The lowest BCUT2D eigenvalue weighted by Crippen LogP contribution is -2.52. The normalized spacial score (nSPS) is 16.6. The third kappa shape index (κ3) is 4.18. The Hall–Kier alpha value is -1.96. The van der Waals surface area contributed by atoms with Gasteiger partial charge in [-0.2, -0.15) is 10.5 Å². The van der Waals surface area contributed by atoms with Crippen LogP contribution in [0.4, 0.5) is 14.6 Å². The molecular weight excluding hydrogens is 348 g/mol. The van der Waals surface area contributed by atoms with E-state index in [4.69, 9.17) is 11.6 Å². The topological polar surface area (TPSA) is 75.7 Å². The molecule has 0 amide bonds. The van der Waals surface area contributed by atoms with E-state index in [-0.39, 0.29) is 22.8 Å². The van der Waals surface area contributed by atoms with Crippen LogP contribution in [0.25, 0.3) is 0 Å². The molecule has 1 aliphatic rings. The molecule has 1 N–H and O–H groups in total. The van der Waals surface area contributed by atoms with E-state index in [1.54, 1.807) is 0 Å². The monoisotopic (exact) mass is 367 g/mol. The molecule has 1 aromatic rings. The number of anilines is 1. The van der Waals surface area contributed by atoms with E-state index in [1.807, 2.05) is 24.8 Å². The van der Waals surface area contributed by atoms with Crippen LogP contribution in [-0.2, 0) is 6.42 Å². The number of rotatable bonds is 5. The van der Waals surface area contributed by atoms with Crippen LogP contribution in [0.2, 0.25) is 5.15 Å². The summed E-state index contributed by atoms with van der Waals surface area (Å²) < 4.78 is 24.9. The second-order valence-corrected chi connectivity index (χ2v) is 6.71. The lowest BCUT2D eigenvalue weighted by molar-refractivity contribution is 0.125. The van der Waals surface area contributed by atoms with Crippen molar-refractivity contribution in [2.45, 2.75) is 45.1 Å². The van der Waals surface area contributed by atoms with E-state index >= 15 is 0 Å². The first kappa shape index (κ1) is 19.4. The molecular formula is C17H20ClF2N5. The lowest BCUT2D eigenvalue weighted by atomic mass is 9.89. The minimum atomic E-state index is -2.38. The van der Waals surface area contributed by atoms with E-state index in [0.717, 1.165) is 0 Å². The lowest BCUT2D eigenvalue weighted by Gasteiger charge is -2.41. The molecule has 0 aliphatic carbocycles. The number of nitrogens with one attached hydrogen (secondary N) is 1. The van der Waals surface area contributed by atoms with Gasteiger partial charge in [-0.25, -0.2) is 13.8 Å². The molecule has 0 unspecified atom stereocenters. The van der Waals surface area contributed by atoms with Gasteiger partial charge in [-0.3, -0.25) is 0 Å². The molecule has 134 valence electrons. The summed E-state index contributed by atoms with van der Waals surface area (Å²) >= 11 is 6.14. The van der Waals surface area contributed by atoms with Gasteiger partial charge in [0.1, 0.15) is 23.1 Å². The highest BCUT2D eigenvalue weighted by Crippen LogP contribution is 2.32. The summed E-state index contributed by atoms with van der Waals surface area (Å²) in [4.78, 5) is 6.22. The molecule has 0 aromatic carbocycles. The number of hydrogen-bond donors (Lipinski definition) is 1. The van der Waals surface area contributed by atoms with Crippen molar-refractivity contribution in [1.29, 1.82) is 10.5 Å². The molecule has 5 nitrogen and oxygen atoms in total. The SMILES string of the molecule is CCc1c(C#N)c(Cl)nc(N2CCC(C)(NCC(F)F)CC2)c1C#N. The fourth-order valence-corrected chi connectivity index (χ4v) is 3.35. The number of pyridine rings is 1. The third-order valence-corrected chi connectivity index (χ3v) is 4.94. The zero-order chi connectivity index (χ0) is 18.6. The van der Waals surface area contributed by atoms with Gasteiger partial charge in [0.05, 0.1) is 17.7 Å². The number of nitrogens with zero attached hydrogens (tertiary/aromatic N) is 4. The highest BCUT2D eigenvalue weighted by molar-refractivity contribution is 6.30. The second-order valence-electron chi connectivity index (χ2n) is 6.35. The van der Waals surface area contributed by atoms with Gasteiger partial charge in [0, 0.05) is 18.6 Å². The standard InChI is InChI=1S/C17H20ClF2N5/c1-3-11-12(8-21)15(18)24-16(13(11)9-22)25-6-4-17(2,5-7-25)23-10-14(19)20/h14,23H,3-7,10H2,1-2H3. The van der Waals surface area contributed by atoms with Crippen LogP contribution in [0, 0.1) is 22.7 Å². The number of piperidine rings is 1. The molecule has 2 heterocycles. The Morgan fingerprint density at radius 3 is 2.36 bits per heavy atom. The summed E-state index contributed by atoms with van der Waals surface area (Å²) in [6.07, 6.45) is -0.592. The van der Waals surface area contributed by atoms with Gasteiger partial charge in [-0.15, -0.1) is 0 Å². The summed E-state index contributed by atoms with van der Waals surface area (Å²) in [5.74, 6) is 0.472. The van der Waals surface area contributed by atoms with Crippen molar-refractivity contribution in [3.05, 3.63) is 21.8 Å².